The Labute approximate surface area is 176 Å². The molecule has 1 unspecified atom stereocenters. The smallest absolute Gasteiger partial charge is 0.242 e. The molecule has 0 heterocycles. The van der Waals surface area contributed by atoms with Crippen LogP contribution in [0.5, 0.6) is 0 Å². The number of halogens is 1. The maximum atomic E-state index is 13.1. The molecule has 2 rings (SSSR count). The average molecular weight is 445 g/mol. The Morgan fingerprint density at radius 1 is 1.00 bits per heavy atom. The van der Waals surface area contributed by atoms with E-state index in [1.807, 2.05) is 76.2 Å². The van der Waals surface area contributed by atoms with E-state index in [9.17, 15) is 9.59 Å². The Morgan fingerprint density at radius 2 is 1.54 bits per heavy atom. The van der Waals surface area contributed by atoms with Gasteiger partial charge < -0.3 is 10.2 Å². The second-order valence-corrected chi connectivity index (χ2v) is 9.14. The number of carbonyl (C=O) groups is 2. The predicted octanol–water partition coefficient (Wildman–Crippen LogP) is 4.63. The van der Waals surface area contributed by atoms with Crippen LogP contribution in [-0.2, 0) is 22.6 Å². The molecule has 2 amide bonds. The molecule has 0 aliphatic rings. The largest absolute Gasteiger partial charge is 0.350 e. The third kappa shape index (κ3) is 6.79. The van der Waals surface area contributed by atoms with Crippen LogP contribution in [0, 0.1) is 6.92 Å². The highest BCUT2D eigenvalue weighted by Gasteiger charge is 2.28. The number of benzene rings is 2. The Morgan fingerprint density at radius 3 is 2.07 bits per heavy atom. The van der Waals surface area contributed by atoms with Crippen LogP contribution in [0.4, 0.5) is 0 Å². The molecule has 4 nitrogen and oxygen atoms in total. The fraction of sp³-hybridized carbons (Fsp3) is 0.391. The van der Waals surface area contributed by atoms with Gasteiger partial charge in [0.25, 0.3) is 0 Å². The van der Waals surface area contributed by atoms with Gasteiger partial charge in [-0.2, -0.15) is 0 Å². The Balaban J connectivity index is 2.23. The van der Waals surface area contributed by atoms with Gasteiger partial charge in [0.05, 0.1) is 6.42 Å². The third-order valence-corrected chi connectivity index (χ3v) is 4.94. The molecule has 28 heavy (non-hydrogen) atoms. The molecule has 5 heteroatoms. The standard InChI is InChI=1S/C23H29BrN2O2/c1-16-6-8-18(9-7-16)14-21(27)26(15-19-10-12-20(24)13-11-19)17(2)22(28)25-23(3,4)5/h6-13,17H,14-15H2,1-5H3,(H,25,28). The van der Waals surface area contributed by atoms with Gasteiger partial charge in [0.15, 0.2) is 0 Å². The topological polar surface area (TPSA) is 49.4 Å². The van der Waals surface area contributed by atoms with Crippen molar-refractivity contribution in [2.45, 2.75) is 59.2 Å². The van der Waals surface area contributed by atoms with Crippen molar-refractivity contribution >= 4 is 27.7 Å². The lowest BCUT2D eigenvalue weighted by molar-refractivity contribution is -0.140. The van der Waals surface area contributed by atoms with E-state index < -0.39 is 6.04 Å². The molecule has 2 aromatic carbocycles. The van der Waals surface area contributed by atoms with Gasteiger partial charge >= 0.3 is 0 Å². The molecule has 0 fully saturated rings. The summed E-state index contributed by atoms with van der Waals surface area (Å²) in [5, 5.41) is 2.98. The summed E-state index contributed by atoms with van der Waals surface area (Å²) >= 11 is 3.43. The van der Waals surface area contributed by atoms with E-state index in [-0.39, 0.29) is 23.8 Å². The third-order valence-electron chi connectivity index (χ3n) is 4.41. The number of carbonyl (C=O) groups excluding carboxylic acids is 2. The number of nitrogens with zero attached hydrogens (tertiary/aromatic N) is 1. The van der Waals surface area contributed by atoms with E-state index >= 15 is 0 Å². The fourth-order valence-electron chi connectivity index (χ4n) is 2.83. The summed E-state index contributed by atoms with van der Waals surface area (Å²) < 4.78 is 0.979. The maximum absolute atomic E-state index is 13.1. The number of hydrogen-bond acceptors (Lipinski definition) is 2. The van der Waals surface area contributed by atoms with Crippen LogP contribution in [0.2, 0.25) is 0 Å². The van der Waals surface area contributed by atoms with Crippen molar-refractivity contribution in [1.29, 1.82) is 0 Å². The van der Waals surface area contributed by atoms with Crippen LogP contribution in [0.15, 0.2) is 53.0 Å². The molecule has 2 aromatic rings. The molecule has 1 N–H and O–H groups in total. The normalized spacial score (nSPS) is 12.4. The van der Waals surface area contributed by atoms with Gasteiger partial charge in [-0.15, -0.1) is 0 Å². The molecule has 0 aromatic heterocycles. The number of nitrogens with one attached hydrogen (secondary N) is 1. The van der Waals surface area contributed by atoms with Gasteiger partial charge in [0.1, 0.15) is 6.04 Å². The molecule has 150 valence electrons. The lowest BCUT2D eigenvalue weighted by atomic mass is 10.1. The van der Waals surface area contributed by atoms with Gasteiger partial charge in [0, 0.05) is 16.6 Å². The van der Waals surface area contributed by atoms with Crippen molar-refractivity contribution < 1.29 is 9.59 Å². The summed E-state index contributed by atoms with van der Waals surface area (Å²) in [6, 6.07) is 15.2. The van der Waals surface area contributed by atoms with Gasteiger partial charge in [-0.25, -0.2) is 0 Å². The van der Waals surface area contributed by atoms with Crippen LogP contribution in [-0.4, -0.2) is 28.3 Å². The van der Waals surface area contributed by atoms with Gasteiger partial charge in [-0.3, -0.25) is 9.59 Å². The van der Waals surface area contributed by atoms with E-state index in [0.717, 1.165) is 21.2 Å². The first-order valence-electron chi connectivity index (χ1n) is 9.46. The Kier molecular flexibility index (Phi) is 7.41. The second-order valence-electron chi connectivity index (χ2n) is 8.23. The van der Waals surface area contributed by atoms with E-state index in [1.165, 1.54) is 0 Å². The molecule has 1 atom stereocenters. The quantitative estimate of drug-likeness (QED) is 0.705. The Bertz CT molecular complexity index is 808. The molecule has 0 aliphatic heterocycles. The van der Waals surface area contributed by atoms with E-state index in [2.05, 4.69) is 21.2 Å². The van der Waals surface area contributed by atoms with Crippen molar-refractivity contribution in [3.8, 4) is 0 Å². The molecule has 0 bridgehead atoms. The molecular weight excluding hydrogens is 416 g/mol. The SMILES string of the molecule is Cc1ccc(CC(=O)N(Cc2ccc(Br)cc2)C(C)C(=O)NC(C)(C)C)cc1. The Hall–Kier alpha value is -2.14. The highest BCUT2D eigenvalue weighted by Crippen LogP contribution is 2.16. The van der Waals surface area contributed by atoms with Gasteiger partial charge in [0.2, 0.25) is 11.8 Å². The minimum absolute atomic E-state index is 0.0664. The van der Waals surface area contributed by atoms with Gasteiger partial charge in [-0.05, 0) is 57.9 Å². The van der Waals surface area contributed by atoms with E-state index in [0.29, 0.717) is 6.54 Å². The summed E-state index contributed by atoms with van der Waals surface area (Å²) in [7, 11) is 0. The fourth-order valence-corrected chi connectivity index (χ4v) is 3.09. The van der Waals surface area contributed by atoms with E-state index in [4.69, 9.17) is 0 Å². The maximum Gasteiger partial charge on any atom is 0.242 e. The monoisotopic (exact) mass is 444 g/mol. The highest BCUT2D eigenvalue weighted by molar-refractivity contribution is 9.10. The number of hydrogen-bond donors (Lipinski definition) is 1. The van der Waals surface area contributed by atoms with Crippen molar-refractivity contribution in [1.82, 2.24) is 10.2 Å². The van der Waals surface area contributed by atoms with E-state index in [1.54, 1.807) is 11.8 Å². The van der Waals surface area contributed by atoms with Crippen LogP contribution in [0.3, 0.4) is 0 Å². The molecule has 0 spiro atoms. The van der Waals surface area contributed by atoms with Crippen LogP contribution < -0.4 is 5.32 Å². The molecule has 0 aliphatic carbocycles. The number of aryl methyl sites for hydroxylation is 1. The summed E-state index contributed by atoms with van der Waals surface area (Å²) in [5.74, 6) is -0.217. The minimum Gasteiger partial charge on any atom is -0.350 e. The summed E-state index contributed by atoms with van der Waals surface area (Å²) in [5.41, 5.74) is 2.73. The summed E-state index contributed by atoms with van der Waals surface area (Å²) in [4.78, 5) is 27.5. The van der Waals surface area contributed by atoms with Crippen molar-refractivity contribution in [2.75, 3.05) is 0 Å². The molecule has 0 saturated carbocycles. The zero-order valence-corrected chi connectivity index (χ0v) is 18.8. The zero-order valence-electron chi connectivity index (χ0n) is 17.3. The minimum atomic E-state index is -0.569. The van der Waals surface area contributed by atoms with Crippen molar-refractivity contribution in [2.24, 2.45) is 0 Å². The van der Waals surface area contributed by atoms with Crippen LogP contribution >= 0.6 is 15.9 Å². The number of rotatable bonds is 6. The summed E-state index contributed by atoms with van der Waals surface area (Å²) in [6.45, 7) is 9.99. The molecular formula is C23H29BrN2O2. The lowest BCUT2D eigenvalue weighted by Crippen LogP contribution is -2.52. The van der Waals surface area contributed by atoms with Crippen LogP contribution in [0.1, 0.15) is 44.4 Å². The highest BCUT2D eigenvalue weighted by atomic mass is 79.9. The first-order chi connectivity index (χ1) is 13.0. The predicted molar refractivity (Wildman–Crippen MR) is 117 cm³/mol. The zero-order chi connectivity index (χ0) is 20.9. The van der Waals surface area contributed by atoms with Gasteiger partial charge in [-0.1, -0.05) is 57.9 Å². The van der Waals surface area contributed by atoms with Crippen LogP contribution in [0.25, 0.3) is 0 Å². The van der Waals surface area contributed by atoms with Crippen molar-refractivity contribution in [3.05, 3.63) is 69.7 Å². The molecule has 0 saturated heterocycles. The number of amides is 2. The lowest BCUT2D eigenvalue weighted by Gasteiger charge is -2.31. The second kappa shape index (κ2) is 9.37. The first-order valence-corrected chi connectivity index (χ1v) is 10.3. The first kappa shape index (κ1) is 22.2. The molecule has 0 radical (unpaired) electrons. The average Bonchev–Trinajstić information content (AvgIpc) is 2.61. The summed E-state index contributed by atoms with van der Waals surface area (Å²) in [6.07, 6.45) is 0.268. The van der Waals surface area contributed by atoms with Crippen molar-refractivity contribution in [3.63, 3.8) is 0 Å².